The van der Waals surface area contributed by atoms with Crippen LogP contribution >= 0.6 is 0 Å². The lowest BCUT2D eigenvalue weighted by Gasteiger charge is -2.22. The zero-order valence-electron chi connectivity index (χ0n) is 9.36. The Morgan fingerprint density at radius 2 is 2.20 bits per heavy atom. The van der Waals surface area contributed by atoms with Crippen molar-refractivity contribution in [3.8, 4) is 5.88 Å². The van der Waals surface area contributed by atoms with E-state index in [0.29, 0.717) is 12.5 Å². The van der Waals surface area contributed by atoms with Crippen molar-refractivity contribution in [2.75, 3.05) is 19.5 Å². The van der Waals surface area contributed by atoms with Crippen LogP contribution in [-0.4, -0.2) is 29.3 Å². The fourth-order valence-corrected chi connectivity index (χ4v) is 0.940. The molecule has 2 N–H and O–H groups in total. The second kappa shape index (κ2) is 4.93. The van der Waals surface area contributed by atoms with Gasteiger partial charge in [0.15, 0.2) is 0 Å². The highest BCUT2D eigenvalue weighted by Crippen LogP contribution is 2.14. The highest BCUT2D eigenvalue weighted by molar-refractivity contribution is 5.20. The lowest BCUT2D eigenvalue weighted by molar-refractivity contribution is 0.00509. The Bertz CT molecular complexity index is 315. The van der Waals surface area contributed by atoms with E-state index in [-0.39, 0.29) is 11.5 Å². The molecule has 0 aliphatic rings. The van der Waals surface area contributed by atoms with Crippen LogP contribution in [0.3, 0.4) is 0 Å². The van der Waals surface area contributed by atoms with Crippen molar-refractivity contribution in [2.24, 2.45) is 0 Å². The van der Waals surface area contributed by atoms with Gasteiger partial charge in [-0.05, 0) is 13.8 Å². The zero-order chi connectivity index (χ0) is 11.3. The molecule has 1 aromatic heterocycles. The molecule has 1 heterocycles. The number of nitrogens with zero attached hydrogens (tertiary/aromatic N) is 2. The molecule has 0 fully saturated rings. The Morgan fingerprint density at radius 1 is 1.47 bits per heavy atom. The van der Waals surface area contributed by atoms with Crippen LogP contribution in [0.25, 0.3) is 0 Å². The van der Waals surface area contributed by atoms with Crippen LogP contribution in [0.15, 0.2) is 12.3 Å². The van der Waals surface area contributed by atoms with Crippen LogP contribution in [-0.2, 0) is 4.74 Å². The Morgan fingerprint density at radius 3 is 2.80 bits per heavy atom. The van der Waals surface area contributed by atoms with Crippen LogP contribution in [0.4, 0.5) is 5.95 Å². The third-order valence-corrected chi connectivity index (χ3v) is 2.16. The highest BCUT2D eigenvalue weighted by atomic mass is 16.5. The minimum absolute atomic E-state index is 0.182. The molecule has 84 valence electrons. The van der Waals surface area contributed by atoms with E-state index in [1.807, 2.05) is 13.8 Å². The fourth-order valence-electron chi connectivity index (χ4n) is 0.940. The van der Waals surface area contributed by atoms with Crippen LogP contribution in [0.2, 0.25) is 0 Å². The summed E-state index contributed by atoms with van der Waals surface area (Å²) >= 11 is 0. The van der Waals surface area contributed by atoms with Crippen molar-refractivity contribution >= 4 is 5.95 Å². The summed E-state index contributed by atoms with van der Waals surface area (Å²) < 4.78 is 10.7. The van der Waals surface area contributed by atoms with Gasteiger partial charge in [0.05, 0.1) is 12.2 Å². The predicted molar refractivity (Wildman–Crippen MR) is 57.6 cm³/mol. The molecular formula is C10H17N3O2. The molecule has 0 bridgehead atoms. The largest absolute Gasteiger partial charge is 0.477 e. The van der Waals surface area contributed by atoms with Gasteiger partial charge < -0.3 is 15.2 Å². The maximum Gasteiger partial charge on any atom is 0.223 e. The van der Waals surface area contributed by atoms with Gasteiger partial charge in [0.25, 0.3) is 0 Å². The quantitative estimate of drug-likeness (QED) is 0.793. The first-order valence-electron chi connectivity index (χ1n) is 4.80. The summed E-state index contributed by atoms with van der Waals surface area (Å²) in [7, 11) is 1.68. The highest BCUT2D eigenvalue weighted by Gasteiger charge is 2.16. The van der Waals surface area contributed by atoms with Crippen LogP contribution < -0.4 is 10.5 Å². The number of anilines is 1. The van der Waals surface area contributed by atoms with Gasteiger partial charge in [-0.3, -0.25) is 0 Å². The molecule has 1 rings (SSSR count). The van der Waals surface area contributed by atoms with Crippen molar-refractivity contribution in [1.82, 2.24) is 9.97 Å². The van der Waals surface area contributed by atoms with E-state index < -0.39 is 0 Å². The third kappa shape index (κ3) is 4.12. The molecule has 0 aliphatic heterocycles. The molecule has 0 radical (unpaired) electrons. The molecule has 0 saturated carbocycles. The average Bonchev–Trinajstić information content (AvgIpc) is 2.18. The van der Waals surface area contributed by atoms with Crippen molar-refractivity contribution in [3.05, 3.63) is 12.3 Å². The molecule has 0 aliphatic carbocycles. The van der Waals surface area contributed by atoms with Crippen molar-refractivity contribution in [1.29, 1.82) is 0 Å². The first-order chi connectivity index (χ1) is 7.03. The average molecular weight is 211 g/mol. The monoisotopic (exact) mass is 211 g/mol. The van der Waals surface area contributed by atoms with Crippen molar-refractivity contribution in [3.63, 3.8) is 0 Å². The maximum absolute atomic E-state index is 5.42. The first-order valence-corrected chi connectivity index (χ1v) is 4.80. The Kier molecular flexibility index (Phi) is 3.85. The van der Waals surface area contributed by atoms with Gasteiger partial charge in [0.2, 0.25) is 11.8 Å². The fraction of sp³-hybridized carbons (Fsp3) is 0.600. The van der Waals surface area contributed by atoms with Gasteiger partial charge in [-0.15, -0.1) is 0 Å². The topological polar surface area (TPSA) is 70.3 Å². The Labute approximate surface area is 89.6 Å². The van der Waals surface area contributed by atoms with E-state index in [0.717, 1.165) is 6.42 Å². The lowest BCUT2D eigenvalue weighted by Crippen LogP contribution is -2.25. The molecule has 0 spiro atoms. The molecule has 5 nitrogen and oxygen atoms in total. The molecule has 15 heavy (non-hydrogen) atoms. The molecule has 0 saturated heterocycles. The number of hydrogen-bond acceptors (Lipinski definition) is 5. The van der Waals surface area contributed by atoms with Gasteiger partial charge in [-0.25, -0.2) is 4.98 Å². The van der Waals surface area contributed by atoms with E-state index in [1.54, 1.807) is 19.4 Å². The molecule has 5 heteroatoms. The van der Waals surface area contributed by atoms with E-state index in [9.17, 15) is 0 Å². The Hall–Kier alpha value is -1.36. The van der Waals surface area contributed by atoms with Crippen molar-refractivity contribution in [2.45, 2.75) is 25.9 Å². The SMILES string of the molecule is COC(C)(C)CCOc1ccnc(N)n1. The molecule has 0 atom stereocenters. The zero-order valence-corrected chi connectivity index (χ0v) is 9.36. The minimum atomic E-state index is -0.182. The summed E-state index contributed by atoms with van der Waals surface area (Å²) in [5, 5.41) is 0. The number of nitrogen functional groups attached to an aromatic ring is 1. The van der Waals surface area contributed by atoms with Gasteiger partial charge >= 0.3 is 0 Å². The molecule has 0 aromatic carbocycles. The number of methoxy groups -OCH3 is 1. The molecule has 1 aromatic rings. The molecular weight excluding hydrogens is 194 g/mol. The van der Waals surface area contributed by atoms with Crippen LogP contribution in [0.1, 0.15) is 20.3 Å². The smallest absolute Gasteiger partial charge is 0.223 e. The summed E-state index contributed by atoms with van der Waals surface area (Å²) in [6.07, 6.45) is 2.35. The summed E-state index contributed by atoms with van der Waals surface area (Å²) in [5.74, 6) is 0.716. The second-order valence-corrected chi connectivity index (χ2v) is 3.82. The van der Waals surface area contributed by atoms with Gasteiger partial charge in [0, 0.05) is 25.8 Å². The molecule has 0 amide bonds. The van der Waals surface area contributed by atoms with Gasteiger partial charge in [0.1, 0.15) is 0 Å². The number of nitrogens with two attached hydrogens (primary N) is 1. The van der Waals surface area contributed by atoms with Gasteiger partial charge in [-0.1, -0.05) is 0 Å². The summed E-state index contributed by atoms with van der Waals surface area (Å²) in [5.41, 5.74) is 5.23. The maximum atomic E-state index is 5.42. The van der Waals surface area contributed by atoms with Crippen LogP contribution in [0, 0.1) is 0 Å². The standard InChI is InChI=1S/C10H17N3O2/c1-10(2,14-3)5-7-15-8-4-6-12-9(11)13-8/h4,6H,5,7H2,1-3H3,(H2,11,12,13). The second-order valence-electron chi connectivity index (χ2n) is 3.82. The van der Waals surface area contributed by atoms with Crippen LogP contribution in [0.5, 0.6) is 5.88 Å². The first kappa shape index (κ1) is 11.7. The number of hydrogen-bond donors (Lipinski definition) is 1. The lowest BCUT2D eigenvalue weighted by atomic mass is 10.1. The van der Waals surface area contributed by atoms with Gasteiger partial charge in [-0.2, -0.15) is 4.98 Å². The van der Waals surface area contributed by atoms with E-state index >= 15 is 0 Å². The summed E-state index contributed by atoms with van der Waals surface area (Å²) in [6.45, 7) is 4.55. The number of rotatable bonds is 5. The predicted octanol–water partition coefficient (Wildman–Crippen LogP) is 1.25. The minimum Gasteiger partial charge on any atom is -0.477 e. The number of ether oxygens (including phenoxy) is 2. The number of aromatic nitrogens is 2. The Balaban J connectivity index is 2.38. The third-order valence-electron chi connectivity index (χ3n) is 2.16. The van der Waals surface area contributed by atoms with E-state index in [1.165, 1.54) is 0 Å². The summed E-state index contributed by atoms with van der Waals surface area (Å²) in [4.78, 5) is 7.70. The summed E-state index contributed by atoms with van der Waals surface area (Å²) in [6, 6.07) is 1.68. The van der Waals surface area contributed by atoms with Crippen molar-refractivity contribution < 1.29 is 9.47 Å². The van der Waals surface area contributed by atoms with E-state index in [2.05, 4.69) is 9.97 Å². The molecule has 0 unspecified atom stereocenters. The van der Waals surface area contributed by atoms with E-state index in [4.69, 9.17) is 15.2 Å². The normalized spacial score (nSPS) is 11.4.